The first-order valence-electron chi connectivity index (χ1n) is 9.31. The summed E-state index contributed by atoms with van der Waals surface area (Å²) in [6.07, 6.45) is -1.43. The lowest BCUT2D eigenvalue weighted by molar-refractivity contribution is 0.298. The third kappa shape index (κ3) is 3.75. The Bertz CT molecular complexity index is 1160. The highest BCUT2D eigenvalue weighted by molar-refractivity contribution is 5.83. The van der Waals surface area contributed by atoms with Crippen molar-refractivity contribution >= 4 is 10.8 Å². The normalized spacial score (nSPS) is 13.4. The molecule has 2 atom stereocenters. The summed E-state index contributed by atoms with van der Waals surface area (Å²) in [5.74, 6) is -3.04. The number of rotatable bonds is 4. The van der Waals surface area contributed by atoms with Gasteiger partial charge in [0.2, 0.25) is 0 Å². The molecule has 0 aliphatic rings. The standard InChI is InChI=1S/C25H18F4/c1-15(25(29)19-10-9-16-5-2-3-6-17(16)11-19)20-13-22(27)24(23(28)14-20)18-7-4-8-21(26)12-18/h2-15,25H,1H3. The minimum atomic E-state index is -1.43. The molecule has 0 saturated carbocycles. The average molecular weight is 394 g/mol. The van der Waals surface area contributed by atoms with Gasteiger partial charge in [0.1, 0.15) is 23.6 Å². The Kier molecular flexibility index (Phi) is 5.10. The summed E-state index contributed by atoms with van der Waals surface area (Å²) in [4.78, 5) is 0. The van der Waals surface area contributed by atoms with Crippen LogP contribution in [0.4, 0.5) is 17.6 Å². The number of hydrogen-bond donors (Lipinski definition) is 0. The van der Waals surface area contributed by atoms with Crippen molar-refractivity contribution < 1.29 is 17.6 Å². The Morgan fingerprint density at radius 1 is 0.655 bits per heavy atom. The Morgan fingerprint density at radius 2 is 1.34 bits per heavy atom. The van der Waals surface area contributed by atoms with Crippen molar-refractivity contribution in [1.82, 2.24) is 0 Å². The van der Waals surface area contributed by atoms with Crippen molar-refractivity contribution in [3.05, 3.63) is 107 Å². The molecule has 0 aliphatic carbocycles. The molecule has 0 heterocycles. The smallest absolute Gasteiger partial charge is 0.134 e. The maximum absolute atomic E-state index is 15.2. The number of fused-ring (bicyclic) bond motifs is 1. The average Bonchev–Trinajstić information content (AvgIpc) is 2.72. The first-order chi connectivity index (χ1) is 13.9. The summed E-state index contributed by atoms with van der Waals surface area (Å²) in [6, 6.07) is 20.2. The van der Waals surface area contributed by atoms with Gasteiger partial charge in [-0.3, -0.25) is 0 Å². The lowest BCUT2D eigenvalue weighted by atomic mass is 9.89. The third-order valence-corrected chi connectivity index (χ3v) is 5.23. The molecule has 29 heavy (non-hydrogen) atoms. The number of alkyl halides is 1. The molecule has 4 heteroatoms. The van der Waals surface area contributed by atoms with Crippen LogP contribution in [0.3, 0.4) is 0 Å². The van der Waals surface area contributed by atoms with E-state index in [2.05, 4.69) is 0 Å². The fraction of sp³-hybridized carbons (Fsp3) is 0.120. The highest BCUT2D eigenvalue weighted by atomic mass is 19.1. The van der Waals surface area contributed by atoms with Gasteiger partial charge in [-0.05, 0) is 57.8 Å². The van der Waals surface area contributed by atoms with Crippen LogP contribution in [0.5, 0.6) is 0 Å². The van der Waals surface area contributed by atoms with Gasteiger partial charge in [0.25, 0.3) is 0 Å². The van der Waals surface area contributed by atoms with E-state index in [9.17, 15) is 13.2 Å². The summed E-state index contributed by atoms with van der Waals surface area (Å²) < 4.78 is 58.0. The van der Waals surface area contributed by atoms with E-state index in [1.807, 2.05) is 30.3 Å². The van der Waals surface area contributed by atoms with Crippen molar-refractivity contribution in [3.8, 4) is 11.1 Å². The van der Waals surface area contributed by atoms with Crippen LogP contribution in [0.2, 0.25) is 0 Å². The summed E-state index contributed by atoms with van der Waals surface area (Å²) in [5, 5.41) is 1.89. The highest BCUT2D eigenvalue weighted by Gasteiger charge is 2.24. The van der Waals surface area contributed by atoms with E-state index in [0.29, 0.717) is 5.56 Å². The van der Waals surface area contributed by atoms with Gasteiger partial charge in [-0.1, -0.05) is 55.5 Å². The van der Waals surface area contributed by atoms with Crippen molar-refractivity contribution in [3.63, 3.8) is 0 Å². The minimum absolute atomic E-state index is 0.102. The second-order valence-electron chi connectivity index (χ2n) is 7.17. The van der Waals surface area contributed by atoms with Crippen molar-refractivity contribution in [2.75, 3.05) is 0 Å². The van der Waals surface area contributed by atoms with Crippen LogP contribution in [0.15, 0.2) is 78.9 Å². The van der Waals surface area contributed by atoms with Gasteiger partial charge in [-0.15, -0.1) is 0 Å². The molecule has 0 bridgehead atoms. The SMILES string of the molecule is CC(c1cc(F)c(-c2cccc(F)c2)c(F)c1)C(F)c1ccc2ccccc2c1. The molecule has 4 aromatic carbocycles. The monoisotopic (exact) mass is 394 g/mol. The minimum Gasteiger partial charge on any atom is -0.242 e. The Hall–Kier alpha value is -3.14. The molecular weight excluding hydrogens is 376 g/mol. The lowest BCUT2D eigenvalue weighted by Crippen LogP contribution is -2.06. The quantitative estimate of drug-likeness (QED) is 0.311. The molecule has 0 aliphatic heterocycles. The van der Waals surface area contributed by atoms with Gasteiger partial charge in [0.15, 0.2) is 0 Å². The maximum atomic E-state index is 15.2. The zero-order valence-electron chi connectivity index (χ0n) is 15.7. The van der Waals surface area contributed by atoms with Gasteiger partial charge >= 0.3 is 0 Å². The Balaban J connectivity index is 1.68. The molecule has 146 valence electrons. The van der Waals surface area contributed by atoms with Crippen LogP contribution in [0.1, 0.15) is 30.1 Å². The summed E-state index contributed by atoms with van der Waals surface area (Å²) >= 11 is 0. The molecule has 0 saturated heterocycles. The number of halogens is 4. The molecular formula is C25H18F4. The molecule has 4 rings (SSSR count). The topological polar surface area (TPSA) is 0 Å². The van der Waals surface area contributed by atoms with Crippen LogP contribution in [-0.2, 0) is 0 Å². The van der Waals surface area contributed by atoms with Gasteiger partial charge in [0.05, 0.1) is 5.56 Å². The van der Waals surface area contributed by atoms with E-state index >= 15 is 4.39 Å². The molecule has 0 amide bonds. The predicted octanol–water partition coefficient (Wildman–Crippen LogP) is 7.74. The molecule has 0 nitrogen and oxygen atoms in total. The molecule has 0 aromatic heterocycles. The summed E-state index contributed by atoms with van der Waals surface area (Å²) in [6.45, 7) is 1.59. The Labute approximate surface area is 166 Å². The number of benzene rings is 4. The van der Waals surface area contributed by atoms with Gasteiger partial charge in [-0.25, -0.2) is 17.6 Å². The van der Waals surface area contributed by atoms with Crippen LogP contribution in [0, 0.1) is 17.5 Å². The van der Waals surface area contributed by atoms with Gasteiger partial charge < -0.3 is 0 Å². The zero-order chi connectivity index (χ0) is 20.5. The van der Waals surface area contributed by atoms with Crippen molar-refractivity contribution in [2.24, 2.45) is 0 Å². The zero-order valence-corrected chi connectivity index (χ0v) is 15.7. The Morgan fingerprint density at radius 3 is 2.03 bits per heavy atom. The van der Waals surface area contributed by atoms with Gasteiger partial charge in [-0.2, -0.15) is 0 Å². The molecule has 0 fully saturated rings. The first kappa shape index (κ1) is 19.2. The predicted molar refractivity (Wildman–Crippen MR) is 108 cm³/mol. The molecule has 4 aromatic rings. The van der Waals surface area contributed by atoms with Crippen molar-refractivity contribution in [1.29, 1.82) is 0 Å². The second-order valence-corrected chi connectivity index (χ2v) is 7.17. The van der Waals surface area contributed by atoms with E-state index in [0.717, 1.165) is 29.0 Å². The molecule has 0 N–H and O–H groups in total. The van der Waals surface area contributed by atoms with Gasteiger partial charge in [0, 0.05) is 5.92 Å². The fourth-order valence-electron chi connectivity index (χ4n) is 3.61. The first-order valence-corrected chi connectivity index (χ1v) is 9.31. The molecule has 0 radical (unpaired) electrons. The van der Waals surface area contributed by atoms with E-state index in [1.165, 1.54) is 18.2 Å². The fourth-order valence-corrected chi connectivity index (χ4v) is 3.61. The molecule has 2 unspecified atom stereocenters. The van der Waals surface area contributed by atoms with E-state index in [4.69, 9.17) is 0 Å². The van der Waals surface area contributed by atoms with E-state index in [1.54, 1.807) is 19.1 Å². The third-order valence-electron chi connectivity index (χ3n) is 5.23. The maximum Gasteiger partial charge on any atom is 0.134 e. The number of hydrogen-bond acceptors (Lipinski definition) is 0. The summed E-state index contributed by atoms with van der Waals surface area (Å²) in [5.41, 5.74) is 0.444. The highest BCUT2D eigenvalue weighted by Crippen LogP contribution is 2.37. The van der Waals surface area contributed by atoms with Crippen LogP contribution >= 0.6 is 0 Å². The van der Waals surface area contributed by atoms with Crippen molar-refractivity contribution in [2.45, 2.75) is 19.0 Å². The van der Waals surface area contributed by atoms with E-state index in [-0.39, 0.29) is 16.7 Å². The van der Waals surface area contributed by atoms with Crippen LogP contribution in [-0.4, -0.2) is 0 Å². The largest absolute Gasteiger partial charge is 0.242 e. The van der Waals surface area contributed by atoms with Crippen LogP contribution in [0.25, 0.3) is 21.9 Å². The molecule has 0 spiro atoms. The van der Waals surface area contributed by atoms with Crippen LogP contribution < -0.4 is 0 Å². The lowest BCUT2D eigenvalue weighted by Gasteiger charge is -2.19. The van der Waals surface area contributed by atoms with E-state index < -0.39 is 29.5 Å². The summed E-state index contributed by atoms with van der Waals surface area (Å²) in [7, 11) is 0. The second kappa shape index (κ2) is 7.70.